The van der Waals surface area contributed by atoms with Gasteiger partial charge in [0.2, 0.25) is 0 Å². The zero-order valence-corrected chi connectivity index (χ0v) is 12.3. The molecule has 0 saturated carbocycles. The largest absolute Gasteiger partial charge is 0.392 e. The summed E-state index contributed by atoms with van der Waals surface area (Å²) in [6.07, 6.45) is 1.09. The Labute approximate surface area is 122 Å². The summed E-state index contributed by atoms with van der Waals surface area (Å²) in [6.45, 7) is 3.24. The summed E-state index contributed by atoms with van der Waals surface area (Å²) in [7, 11) is 0. The van der Waals surface area contributed by atoms with Crippen LogP contribution in [0.15, 0.2) is 29.6 Å². The van der Waals surface area contributed by atoms with Crippen LogP contribution in [0, 0.1) is 0 Å². The lowest BCUT2D eigenvalue weighted by molar-refractivity contribution is 0.282. The fourth-order valence-corrected chi connectivity index (χ4v) is 3.90. The van der Waals surface area contributed by atoms with Crippen molar-refractivity contribution in [2.45, 2.75) is 26.0 Å². The van der Waals surface area contributed by atoms with Crippen LogP contribution in [0.25, 0.3) is 0 Å². The van der Waals surface area contributed by atoms with E-state index in [9.17, 15) is 5.11 Å². The zero-order chi connectivity index (χ0) is 13.4. The Morgan fingerprint density at radius 1 is 1.42 bits per heavy atom. The van der Waals surface area contributed by atoms with Crippen LogP contribution in [-0.4, -0.2) is 11.7 Å². The van der Waals surface area contributed by atoms with Gasteiger partial charge >= 0.3 is 0 Å². The first-order valence-corrected chi connectivity index (χ1v) is 7.68. The predicted octanol–water partition coefficient (Wildman–Crippen LogP) is 4.02. The molecule has 0 amide bonds. The summed E-state index contributed by atoms with van der Waals surface area (Å²) >= 11 is 8.04. The maximum Gasteiger partial charge on any atom is 0.0696 e. The van der Waals surface area contributed by atoms with Gasteiger partial charge in [-0.15, -0.1) is 11.3 Å². The lowest BCUT2D eigenvalue weighted by atomic mass is 10.0. The number of anilines is 1. The molecule has 0 bridgehead atoms. The first kappa shape index (κ1) is 13.0. The predicted molar refractivity (Wildman–Crippen MR) is 81.2 cm³/mol. The van der Waals surface area contributed by atoms with Gasteiger partial charge in [-0.05, 0) is 48.1 Å². The Hall–Kier alpha value is -1.03. The van der Waals surface area contributed by atoms with Crippen molar-refractivity contribution in [1.29, 1.82) is 0 Å². The van der Waals surface area contributed by atoms with E-state index in [1.54, 1.807) is 0 Å². The first-order valence-electron chi connectivity index (χ1n) is 6.43. The van der Waals surface area contributed by atoms with E-state index < -0.39 is 0 Å². The molecule has 1 N–H and O–H groups in total. The second-order valence-corrected chi connectivity index (χ2v) is 6.26. The van der Waals surface area contributed by atoms with Gasteiger partial charge in [0.05, 0.1) is 12.6 Å². The molecular weight excluding hydrogens is 278 g/mol. The van der Waals surface area contributed by atoms with Crippen LogP contribution in [-0.2, 0) is 13.0 Å². The number of fused-ring (bicyclic) bond motifs is 1. The summed E-state index contributed by atoms with van der Waals surface area (Å²) in [5, 5.41) is 12.0. The molecule has 1 aliphatic rings. The van der Waals surface area contributed by atoms with Crippen LogP contribution in [0.3, 0.4) is 0 Å². The maximum atomic E-state index is 9.18. The summed E-state index contributed by atoms with van der Waals surface area (Å²) in [6, 6.07) is 8.52. The van der Waals surface area contributed by atoms with E-state index in [1.807, 2.05) is 29.5 Å². The molecule has 0 saturated heterocycles. The van der Waals surface area contributed by atoms with Gasteiger partial charge in [0.1, 0.15) is 0 Å². The molecule has 19 heavy (non-hydrogen) atoms. The molecule has 1 unspecified atom stereocenters. The van der Waals surface area contributed by atoms with E-state index in [1.165, 1.54) is 10.4 Å². The van der Waals surface area contributed by atoms with E-state index in [4.69, 9.17) is 11.6 Å². The maximum absolute atomic E-state index is 9.18. The van der Waals surface area contributed by atoms with E-state index in [-0.39, 0.29) is 6.61 Å². The molecule has 2 aromatic rings. The molecule has 1 aromatic heterocycles. The van der Waals surface area contributed by atoms with Crippen LogP contribution < -0.4 is 4.90 Å². The van der Waals surface area contributed by atoms with Gasteiger partial charge in [-0.3, -0.25) is 0 Å². The van der Waals surface area contributed by atoms with Crippen molar-refractivity contribution >= 4 is 28.6 Å². The van der Waals surface area contributed by atoms with Gasteiger partial charge in [0.25, 0.3) is 0 Å². The highest BCUT2D eigenvalue weighted by molar-refractivity contribution is 7.10. The van der Waals surface area contributed by atoms with Crippen molar-refractivity contribution in [1.82, 2.24) is 0 Å². The second-order valence-electron chi connectivity index (χ2n) is 4.85. The highest BCUT2D eigenvalue weighted by Crippen LogP contribution is 2.37. The molecule has 4 heteroatoms. The second kappa shape index (κ2) is 5.16. The average molecular weight is 294 g/mol. The highest BCUT2D eigenvalue weighted by Gasteiger charge is 2.25. The summed E-state index contributed by atoms with van der Waals surface area (Å²) in [4.78, 5) is 3.88. The number of benzene rings is 1. The third-order valence-corrected chi connectivity index (χ3v) is 5.16. The normalized spacial score (nSPS) is 18.5. The fourth-order valence-electron chi connectivity index (χ4n) is 2.71. The number of thiophene rings is 1. The van der Waals surface area contributed by atoms with Crippen LogP contribution in [0.4, 0.5) is 5.69 Å². The molecule has 1 aliphatic heterocycles. The minimum atomic E-state index is -0.0106. The molecule has 100 valence electrons. The molecule has 0 radical (unpaired) electrons. The van der Waals surface area contributed by atoms with Crippen molar-refractivity contribution in [3.63, 3.8) is 0 Å². The van der Waals surface area contributed by atoms with Gasteiger partial charge in [0.15, 0.2) is 0 Å². The average Bonchev–Trinajstić information content (AvgIpc) is 2.88. The third-order valence-electron chi connectivity index (χ3n) is 3.82. The lowest BCUT2D eigenvalue weighted by Crippen LogP contribution is -2.33. The number of aliphatic hydroxyl groups is 1. The quantitative estimate of drug-likeness (QED) is 0.904. The van der Waals surface area contributed by atoms with Crippen molar-refractivity contribution in [3.8, 4) is 0 Å². The molecular formula is C15H16ClNOS. The fraction of sp³-hybridized carbons (Fsp3) is 0.333. The van der Waals surface area contributed by atoms with Gasteiger partial charge in [-0.1, -0.05) is 17.7 Å². The number of nitrogens with zero attached hydrogens (tertiary/aromatic N) is 1. The Kier molecular flexibility index (Phi) is 3.52. The molecule has 2 heterocycles. The molecule has 0 aliphatic carbocycles. The smallest absolute Gasteiger partial charge is 0.0696 e. The Balaban J connectivity index is 1.93. The molecule has 0 fully saturated rings. The summed E-state index contributed by atoms with van der Waals surface area (Å²) < 4.78 is 0. The Morgan fingerprint density at radius 3 is 3.00 bits per heavy atom. The van der Waals surface area contributed by atoms with E-state index in [0.29, 0.717) is 11.1 Å². The van der Waals surface area contributed by atoms with Crippen LogP contribution in [0.5, 0.6) is 0 Å². The van der Waals surface area contributed by atoms with Gasteiger partial charge in [-0.2, -0.15) is 0 Å². The highest BCUT2D eigenvalue weighted by atomic mass is 35.5. The van der Waals surface area contributed by atoms with Gasteiger partial charge in [0, 0.05) is 22.1 Å². The Morgan fingerprint density at radius 2 is 2.26 bits per heavy atom. The molecule has 3 rings (SSSR count). The zero-order valence-electron chi connectivity index (χ0n) is 10.8. The Bertz CT molecular complexity index is 596. The minimum absolute atomic E-state index is 0.0106. The molecule has 2 nitrogen and oxygen atoms in total. The molecule has 1 atom stereocenters. The molecule has 1 aromatic carbocycles. The van der Waals surface area contributed by atoms with Crippen molar-refractivity contribution in [3.05, 3.63) is 50.7 Å². The number of aliphatic hydroxyl groups excluding tert-OH is 1. The van der Waals surface area contributed by atoms with Crippen LogP contribution >= 0.6 is 22.9 Å². The molecule has 0 spiro atoms. The SMILES string of the molecule is CC1c2ccsc2CCN1c1ccc(CO)c(Cl)c1. The van der Waals surface area contributed by atoms with Crippen LogP contribution in [0.1, 0.15) is 29.0 Å². The number of rotatable bonds is 2. The first-order chi connectivity index (χ1) is 9.20. The van der Waals surface area contributed by atoms with E-state index in [0.717, 1.165) is 24.2 Å². The summed E-state index contributed by atoms with van der Waals surface area (Å²) in [5.41, 5.74) is 3.34. The van der Waals surface area contributed by atoms with Gasteiger partial charge in [-0.25, -0.2) is 0 Å². The van der Waals surface area contributed by atoms with Crippen molar-refractivity contribution < 1.29 is 5.11 Å². The topological polar surface area (TPSA) is 23.5 Å². The van der Waals surface area contributed by atoms with E-state index >= 15 is 0 Å². The van der Waals surface area contributed by atoms with Crippen molar-refractivity contribution in [2.75, 3.05) is 11.4 Å². The van der Waals surface area contributed by atoms with Crippen molar-refractivity contribution in [2.24, 2.45) is 0 Å². The third kappa shape index (κ3) is 2.27. The summed E-state index contributed by atoms with van der Waals surface area (Å²) in [5.74, 6) is 0. The minimum Gasteiger partial charge on any atom is -0.392 e. The number of hydrogen-bond acceptors (Lipinski definition) is 3. The number of halogens is 1. The van der Waals surface area contributed by atoms with E-state index in [2.05, 4.69) is 23.3 Å². The standard InChI is InChI=1S/C15H16ClNOS/c1-10-13-5-7-19-15(13)4-6-17(10)12-3-2-11(9-18)14(16)8-12/h2-3,5,7-8,10,18H,4,6,9H2,1H3. The lowest BCUT2D eigenvalue weighted by Gasteiger charge is -2.35. The monoisotopic (exact) mass is 293 g/mol. The van der Waals surface area contributed by atoms with Gasteiger partial charge < -0.3 is 10.0 Å². The number of hydrogen-bond donors (Lipinski definition) is 1. The van der Waals surface area contributed by atoms with Crippen LogP contribution in [0.2, 0.25) is 5.02 Å².